The third-order valence-electron chi connectivity index (χ3n) is 5.63. The maximum atomic E-state index is 12.6. The van der Waals surface area contributed by atoms with E-state index in [1.165, 1.54) is 6.92 Å². The van der Waals surface area contributed by atoms with Crippen LogP contribution in [-0.2, 0) is 22.7 Å². The molecule has 1 aromatic heterocycles. The first-order chi connectivity index (χ1) is 17.6. The number of nitrogens with zero attached hydrogens (tertiary/aromatic N) is 1. The molecule has 2 amide bonds. The highest BCUT2D eigenvalue weighted by atomic mass is 35.5. The number of aromatic nitrogens is 1. The number of nitrogens with one attached hydrogen (secondary N) is 2. The number of allylic oxidation sites excluding steroid dienone is 6. The van der Waals surface area contributed by atoms with Gasteiger partial charge in [-0.2, -0.15) is 0 Å². The summed E-state index contributed by atoms with van der Waals surface area (Å²) in [4.78, 5) is 24.9. The third-order valence-corrected chi connectivity index (χ3v) is 7.26. The van der Waals surface area contributed by atoms with E-state index < -0.39 is 18.6 Å². The molecule has 0 spiro atoms. The topological polar surface area (TPSA) is 83.4 Å². The monoisotopic (exact) mass is 563 g/mol. The van der Waals surface area contributed by atoms with Crippen LogP contribution >= 0.6 is 35.0 Å². The molecular formula is C28H35Cl2N3O3S. The second-order valence-corrected chi connectivity index (χ2v) is 10.5. The molecule has 1 unspecified atom stereocenters. The predicted molar refractivity (Wildman–Crippen MR) is 153 cm³/mol. The molecule has 0 bridgehead atoms. The molecule has 0 aliphatic rings. The van der Waals surface area contributed by atoms with Crippen molar-refractivity contribution in [3.05, 3.63) is 81.0 Å². The second kappa shape index (κ2) is 15.1. The molecule has 0 aliphatic carbocycles. The Morgan fingerprint density at radius 2 is 1.86 bits per heavy atom. The number of halogens is 2. The van der Waals surface area contributed by atoms with E-state index in [9.17, 15) is 14.7 Å². The Hall–Kier alpha value is -2.45. The molecule has 0 aliphatic heterocycles. The summed E-state index contributed by atoms with van der Waals surface area (Å²) in [6.45, 7) is 9.83. The summed E-state index contributed by atoms with van der Waals surface area (Å²) in [5.41, 5.74) is 4.11. The number of aliphatic hydroxyl groups excluding tert-OH is 1. The van der Waals surface area contributed by atoms with Gasteiger partial charge < -0.3 is 20.3 Å². The van der Waals surface area contributed by atoms with Crippen molar-refractivity contribution in [2.75, 3.05) is 6.61 Å². The molecule has 0 saturated carbocycles. The van der Waals surface area contributed by atoms with Gasteiger partial charge >= 0.3 is 0 Å². The summed E-state index contributed by atoms with van der Waals surface area (Å²) in [5, 5.41) is 17.0. The number of carbonyl (C=O) groups excluding carboxylic acids is 2. The molecular weight excluding hydrogens is 529 g/mol. The molecule has 0 fully saturated rings. The normalized spacial score (nSPS) is 12.9. The first-order valence-electron chi connectivity index (χ1n) is 12.1. The van der Waals surface area contributed by atoms with Gasteiger partial charge in [0.2, 0.25) is 11.8 Å². The lowest BCUT2D eigenvalue weighted by Crippen LogP contribution is -2.48. The number of carbonyl (C=O) groups is 2. The van der Waals surface area contributed by atoms with E-state index in [2.05, 4.69) is 46.4 Å². The van der Waals surface area contributed by atoms with Crippen LogP contribution in [0.15, 0.2) is 64.1 Å². The van der Waals surface area contributed by atoms with Crippen molar-refractivity contribution in [1.82, 2.24) is 15.2 Å². The Labute approximate surface area is 233 Å². The van der Waals surface area contributed by atoms with Crippen LogP contribution in [0.1, 0.15) is 44.0 Å². The summed E-state index contributed by atoms with van der Waals surface area (Å²) in [7, 11) is 0. The molecule has 2 aromatic rings. The summed E-state index contributed by atoms with van der Waals surface area (Å²) in [6, 6.07) is 4.44. The van der Waals surface area contributed by atoms with Crippen LogP contribution in [0.2, 0.25) is 10.0 Å². The van der Waals surface area contributed by atoms with Crippen molar-refractivity contribution in [3.8, 4) is 0 Å². The van der Waals surface area contributed by atoms with Gasteiger partial charge in [-0.05, 0) is 62.1 Å². The fraction of sp³-hybridized carbons (Fsp3) is 0.357. The largest absolute Gasteiger partial charge is 0.394 e. The van der Waals surface area contributed by atoms with Crippen LogP contribution in [0.4, 0.5) is 0 Å². The number of rotatable bonds is 12. The fourth-order valence-electron chi connectivity index (χ4n) is 3.82. The van der Waals surface area contributed by atoms with Crippen LogP contribution in [0.25, 0.3) is 0 Å². The molecule has 9 heteroatoms. The van der Waals surface area contributed by atoms with Gasteiger partial charge in [-0.25, -0.2) is 0 Å². The zero-order valence-corrected chi connectivity index (χ0v) is 24.2. The van der Waals surface area contributed by atoms with E-state index in [-0.39, 0.29) is 12.5 Å². The van der Waals surface area contributed by atoms with Crippen LogP contribution in [-0.4, -0.2) is 34.1 Å². The molecule has 2 rings (SSSR count). The van der Waals surface area contributed by atoms with Gasteiger partial charge in [-0.1, -0.05) is 72.3 Å². The number of aliphatic hydroxyl groups is 1. The minimum absolute atomic E-state index is 0.252. The molecule has 1 heterocycles. The van der Waals surface area contributed by atoms with Crippen molar-refractivity contribution in [1.29, 1.82) is 0 Å². The highest BCUT2D eigenvalue weighted by Gasteiger charge is 2.22. The summed E-state index contributed by atoms with van der Waals surface area (Å²) >= 11 is 14.1. The van der Waals surface area contributed by atoms with Crippen molar-refractivity contribution in [2.45, 2.75) is 70.1 Å². The van der Waals surface area contributed by atoms with Crippen LogP contribution in [0.3, 0.4) is 0 Å². The minimum Gasteiger partial charge on any atom is -0.394 e. The van der Waals surface area contributed by atoms with Crippen molar-refractivity contribution < 1.29 is 14.7 Å². The zero-order chi connectivity index (χ0) is 27.5. The van der Waals surface area contributed by atoms with E-state index in [1.54, 1.807) is 17.8 Å². The Balaban J connectivity index is 2.49. The van der Waals surface area contributed by atoms with Gasteiger partial charge in [0.1, 0.15) is 6.04 Å². The lowest BCUT2D eigenvalue weighted by Gasteiger charge is -2.15. The van der Waals surface area contributed by atoms with Gasteiger partial charge in [0.15, 0.2) is 0 Å². The third kappa shape index (κ3) is 9.11. The molecule has 0 radical (unpaired) electrons. The highest BCUT2D eigenvalue weighted by Crippen LogP contribution is 2.38. The Morgan fingerprint density at radius 1 is 1.19 bits per heavy atom. The highest BCUT2D eigenvalue weighted by molar-refractivity contribution is 7.99. The second-order valence-electron chi connectivity index (χ2n) is 8.52. The lowest BCUT2D eigenvalue weighted by atomic mass is 10.1. The number of benzene rings is 1. The standard InChI is InChI=1S/C28H35Cl2N3O3S/c1-6-8-9-11-21(10-7-2)16-33-19(4)25(15-31-27(36)26(17-34)32-20(5)35)18(3)28(33)37-24-13-22(29)12-23(30)14-24/h7-14,26,34H,6,15-17H2,1-5H3,(H,31,36)(H,32,35)/b9-8+,10-7-,21-11+. The summed E-state index contributed by atoms with van der Waals surface area (Å²) < 4.78 is 2.22. The number of amides is 2. The molecule has 1 aromatic carbocycles. The number of hydrogen-bond acceptors (Lipinski definition) is 4. The zero-order valence-electron chi connectivity index (χ0n) is 21.9. The van der Waals surface area contributed by atoms with Crippen molar-refractivity contribution >= 4 is 46.8 Å². The maximum absolute atomic E-state index is 12.6. The quantitative estimate of drug-likeness (QED) is 0.270. The Morgan fingerprint density at radius 3 is 2.43 bits per heavy atom. The maximum Gasteiger partial charge on any atom is 0.245 e. The van der Waals surface area contributed by atoms with Gasteiger partial charge in [0, 0.05) is 40.6 Å². The molecule has 37 heavy (non-hydrogen) atoms. The predicted octanol–water partition coefficient (Wildman–Crippen LogP) is 6.14. The lowest BCUT2D eigenvalue weighted by molar-refractivity contribution is -0.129. The Kier molecular flexibility index (Phi) is 12.5. The minimum atomic E-state index is -1.00. The SMILES string of the molecule is C\C=C/C(=C\C=C\CC)Cn1c(C)c(CNC(=O)C(CO)NC(C)=O)c(C)c1Sc1cc(Cl)cc(Cl)c1. The first-order valence-corrected chi connectivity index (χ1v) is 13.6. The van der Waals surface area contributed by atoms with Crippen molar-refractivity contribution in [2.24, 2.45) is 0 Å². The smallest absolute Gasteiger partial charge is 0.245 e. The average Bonchev–Trinajstić information content (AvgIpc) is 3.04. The van der Waals surface area contributed by atoms with Gasteiger partial charge in [-0.3, -0.25) is 9.59 Å². The molecule has 1 atom stereocenters. The fourth-order valence-corrected chi connectivity index (χ4v) is 5.66. The molecule has 3 N–H and O–H groups in total. The van der Waals surface area contributed by atoms with Crippen molar-refractivity contribution in [3.63, 3.8) is 0 Å². The summed E-state index contributed by atoms with van der Waals surface area (Å²) in [5.74, 6) is -0.828. The average molecular weight is 565 g/mol. The van der Waals surface area contributed by atoms with E-state index in [1.807, 2.05) is 39.0 Å². The summed E-state index contributed by atoms with van der Waals surface area (Å²) in [6.07, 6.45) is 11.3. The van der Waals surface area contributed by atoms with E-state index in [4.69, 9.17) is 23.2 Å². The first kappa shape index (κ1) is 30.8. The molecule has 0 saturated heterocycles. The van der Waals surface area contributed by atoms with Gasteiger partial charge in [0.05, 0.1) is 11.6 Å². The number of hydrogen-bond donors (Lipinski definition) is 3. The molecule has 200 valence electrons. The molecule has 6 nitrogen and oxygen atoms in total. The van der Waals surface area contributed by atoms with E-state index in [0.717, 1.165) is 38.7 Å². The van der Waals surface area contributed by atoms with E-state index >= 15 is 0 Å². The Bertz CT molecular complexity index is 1180. The van der Waals surface area contributed by atoms with Gasteiger partial charge in [0.25, 0.3) is 0 Å². The van der Waals surface area contributed by atoms with E-state index in [0.29, 0.717) is 16.6 Å². The van der Waals surface area contributed by atoms with Gasteiger partial charge in [-0.15, -0.1) is 0 Å². The van der Waals surface area contributed by atoms with Crippen LogP contribution < -0.4 is 10.6 Å². The van der Waals surface area contributed by atoms with Crippen LogP contribution in [0.5, 0.6) is 0 Å². The van der Waals surface area contributed by atoms with Crippen LogP contribution in [0, 0.1) is 13.8 Å².